The van der Waals surface area contributed by atoms with E-state index in [9.17, 15) is 19.8 Å². The molecule has 0 atom stereocenters. The van der Waals surface area contributed by atoms with E-state index in [0.717, 1.165) is 19.6 Å². The van der Waals surface area contributed by atoms with E-state index in [1.165, 1.54) is 41.7 Å². The van der Waals surface area contributed by atoms with Crippen LogP contribution in [0.25, 0.3) is 27.7 Å². The molecule has 6 rings (SSSR count). The van der Waals surface area contributed by atoms with Gasteiger partial charge in [-0.3, -0.25) is 19.1 Å². The third-order valence-electron chi connectivity index (χ3n) is 6.87. The Morgan fingerprint density at radius 2 is 1.51 bits per heavy atom. The standard InChI is InChI=1S/C28H24N2O5/c31-18-6-10-22-23(15-18)27(33)25-21-9-5-19(32)16-24(21)28(34)30(26(22)25)17-3-7-20(8-4-17)35-14-13-29-11-1-2-12-29/h3-10,15-16,31-32H,1-2,11-14H2. The molecule has 3 aromatic carbocycles. The summed E-state index contributed by atoms with van der Waals surface area (Å²) >= 11 is 0. The Balaban J connectivity index is 1.45. The number of carbonyl (C=O) groups is 1. The molecule has 1 aliphatic carbocycles. The van der Waals surface area contributed by atoms with Crippen LogP contribution in [0.5, 0.6) is 17.2 Å². The summed E-state index contributed by atoms with van der Waals surface area (Å²) in [6, 6.07) is 16.3. The fourth-order valence-corrected chi connectivity index (χ4v) is 5.17. The van der Waals surface area contributed by atoms with Gasteiger partial charge >= 0.3 is 0 Å². The normalized spacial score (nSPS) is 14.9. The Kier molecular flexibility index (Phi) is 5.07. The van der Waals surface area contributed by atoms with E-state index in [1.54, 1.807) is 24.3 Å². The first-order valence-electron chi connectivity index (χ1n) is 11.8. The summed E-state index contributed by atoms with van der Waals surface area (Å²) in [5.41, 5.74) is 2.03. The van der Waals surface area contributed by atoms with Crippen LogP contribution in [0, 0.1) is 0 Å². The minimum atomic E-state index is -0.342. The minimum absolute atomic E-state index is 0.0174. The number of fused-ring (bicyclic) bond motifs is 5. The molecular formula is C28H24N2O5. The number of aromatic hydroxyl groups is 2. The zero-order valence-corrected chi connectivity index (χ0v) is 19.0. The Bertz CT molecular complexity index is 1530. The highest BCUT2D eigenvalue weighted by Gasteiger charge is 2.33. The molecule has 0 saturated carbocycles. The first-order chi connectivity index (χ1) is 17.0. The number of benzene rings is 3. The van der Waals surface area contributed by atoms with Crippen LogP contribution in [0.3, 0.4) is 0 Å². The van der Waals surface area contributed by atoms with E-state index >= 15 is 0 Å². The van der Waals surface area contributed by atoms with Gasteiger partial charge in [0, 0.05) is 28.7 Å². The maximum absolute atomic E-state index is 13.7. The van der Waals surface area contributed by atoms with E-state index in [2.05, 4.69) is 4.90 Å². The Morgan fingerprint density at radius 1 is 0.800 bits per heavy atom. The van der Waals surface area contributed by atoms with Crippen molar-refractivity contribution >= 4 is 16.6 Å². The van der Waals surface area contributed by atoms with E-state index in [1.807, 2.05) is 12.1 Å². The molecule has 0 bridgehead atoms. The quantitative estimate of drug-likeness (QED) is 0.404. The van der Waals surface area contributed by atoms with E-state index in [0.29, 0.717) is 45.8 Å². The molecule has 0 amide bonds. The second kappa shape index (κ2) is 8.29. The van der Waals surface area contributed by atoms with Gasteiger partial charge in [-0.25, -0.2) is 0 Å². The average molecular weight is 469 g/mol. The number of aromatic nitrogens is 1. The SMILES string of the molecule is O=C1c2cc(O)ccc2-c2c1c1ccc(O)cc1c(=O)n2-c1ccc(OCCN2CCCC2)cc1. The molecule has 176 valence electrons. The third-order valence-corrected chi connectivity index (χ3v) is 6.87. The number of carbonyl (C=O) groups excluding carboxylic acids is 1. The van der Waals surface area contributed by atoms with E-state index in [4.69, 9.17) is 4.74 Å². The molecule has 1 fully saturated rings. The number of likely N-dealkylation sites (tertiary alicyclic amines) is 1. The van der Waals surface area contributed by atoms with E-state index < -0.39 is 0 Å². The summed E-state index contributed by atoms with van der Waals surface area (Å²) in [6.45, 7) is 3.71. The molecule has 1 saturated heterocycles. The fourth-order valence-electron chi connectivity index (χ4n) is 5.17. The van der Waals surface area contributed by atoms with Gasteiger partial charge in [-0.1, -0.05) is 0 Å². The smallest absolute Gasteiger partial charge is 0.263 e. The summed E-state index contributed by atoms with van der Waals surface area (Å²) in [4.78, 5) is 29.5. The van der Waals surface area contributed by atoms with Crippen molar-refractivity contribution in [3.05, 3.63) is 82.1 Å². The van der Waals surface area contributed by atoms with Crippen molar-refractivity contribution in [1.29, 1.82) is 0 Å². The van der Waals surface area contributed by atoms with Gasteiger partial charge in [0.15, 0.2) is 5.78 Å². The number of hydrogen-bond donors (Lipinski definition) is 2. The maximum atomic E-state index is 13.7. The van der Waals surface area contributed by atoms with Crippen molar-refractivity contribution in [3.8, 4) is 34.2 Å². The lowest BCUT2D eigenvalue weighted by molar-refractivity contribution is 0.104. The number of phenols is 2. The monoisotopic (exact) mass is 468 g/mol. The molecule has 0 unspecified atom stereocenters. The van der Waals surface area contributed by atoms with Gasteiger partial charge in [0.1, 0.15) is 23.9 Å². The molecule has 0 spiro atoms. The van der Waals surface area contributed by atoms with Crippen LogP contribution in [0.2, 0.25) is 0 Å². The van der Waals surface area contributed by atoms with Crippen LogP contribution in [-0.4, -0.2) is 51.7 Å². The molecule has 2 aliphatic rings. The summed E-state index contributed by atoms with van der Waals surface area (Å²) < 4.78 is 7.42. The van der Waals surface area contributed by atoms with Crippen molar-refractivity contribution in [1.82, 2.24) is 9.47 Å². The van der Waals surface area contributed by atoms with Crippen LogP contribution in [-0.2, 0) is 0 Å². The molecule has 0 radical (unpaired) electrons. The molecule has 7 nitrogen and oxygen atoms in total. The molecule has 4 aromatic rings. The van der Waals surface area contributed by atoms with Gasteiger partial charge in [0.05, 0.1) is 16.6 Å². The van der Waals surface area contributed by atoms with Crippen LogP contribution in [0.1, 0.15) is 28.8 Å². The number of pyridine rings is 1. The van der Waals surface area contributed by atoms with Gasteiger partial charge in [0.25, 0.3) is 5.56 Å². The lowest BCUT2D eigenvalue weighted by Crippen LogP contribution is -2.25. The average Bonchev–Trinajstić information content (AvgIpc) is 3.47. The number of ether oxygens (including phenoxy) is 1. The number of rotatable bonds is 5. The van der Waals surface area contributed by atoms with Gasteiger partial charge in [0.2, 0.25) is 0 Å². The molecule has 7 heteroatoms. The zero-order valence-electron chi connectivity index (χ0n) is 19.0. The molecule has 2 heterocycles. The summed E-state index contributed by atoms with van der Waals surface area (Å²) in [5.74, 6) is 0.370. The predicted molar refractivity (Wildman–Crippen MR) is 133 cm³/mol. The zero-order chi connectivity index (χ0) is 24.1. The highest BCUT2D eigenvalue weighted by atomic mass is 16.5. The van der Waals surface area contributed by atoms with Crippen LogP contribution >= 0.6 is 0 Å². The van der Waals surface area contributed by atoms with Gasteiger partial charge in [-0.15, -0.1) is 0 Å². The highest BCUT2D eigenvalue weighted by molar-refractivity contribution is 6.27. The molecule has 35 heavy (non-hydrogen) atoms. The molecule has 1 aromatic heterocycles. The largest absolute Gasteiger partial charge is 0.508 e. The minimum Gasteiger partial charge on any atom is -0.508 e. The summed E-state index contributed by atoms with van der Waals surface area (Å²) in [6.07, 6.45) is 2.48. The predicted octanol–water partition coefficient (Wildman–Crippen LogP) is 4.09. The van der Waals surface area contributed by atoms with Crippen molar-refractivity contribution in [2.24, 2.45) is 0 Å². The first kappa shape index (κ1) is 21.4. The van der Waals surface area contributed by atoms with Crippen molar-refractivity contribution in [3.63, 3.8) is 0 Å². The van der Waals surface area contributed by atoms with Crippen LogP contribution in [0.4, 0.5) is 0 Å². The van der Waals surface area contributed by atoms with Crippen molar-refractivity contribution in [2.45, 2.75) is 12.8 Å². The molecular weight excluding hydrogens is 444 g/mol. The number of ketones is 1. The Hall–Kier alpha value is -4.10. The molecule has 2 N–H and O–H groups in total. The van der Waals surface area contributed by atoms with Crippen molar-refractivity contribution in [2.75, 3.05) is 26.2 Å². The fraction of sp³-hybridized carbons (Fsp3) is 0.214. The summed E-state index contributed by atoms with van der Waals surface area (Å²) in [5, 5.41) is 20.8. The van der Waals surface area contributed by atoms with Gasteiger partial charge < -0.3 is 14.9 Å². The molecule has 1 aliphatic heterocycles. The second-order valence-corrected chi connectivity index (χ2v) is 9.04. The van der Waals surface area contributed by atoms with Crippen LogP contribution < -0.4 is 10.3 Å². The Labute approximate surface area is 201 Å². The van der Waals surface area contributed by atoms with Gasteiger partial charge in [-0.2, -0.15) is 0 Å². The second-order valence-electron chi connectivity index (χ2n) is 9.04. The van der Waals surface area contributed by atoms with Crippen LogP contribution in [0.15, 0.2) is 65.5 Å². The lowest BCUT2D eigenvalue weighted by Gasteiger charge is -2.17. The lowest BCUT2D eigenvalue weighted by atomic mass is 10.0. The highest BCUT2D eigenvalue weighted by Crippen LogP contribution is 2.42. The van der Waals surface area contributed by atoms with Gasteiger partial charge in [-0.05, 0) is 86.6 Å². The topological polar surface area (TPSA) is 92.0 Å². The number of nitrogens with zero attached hydrogens (tertiary/aromatic N) is 2. The van der Waals surface area contributed by atoms with E-state index in [-0.39, 0.29) is 28.2 Å². The van der Waals surface area contributed by atoms with Crippen molar-refractivity contribution < 1.29 is 19.7 Å². The Morgan fingerprint density at radius 3 is 2.29 bits per heavy atom. The summed E-state index contributed by atoms with van der Waals surface area (Å²) in [7, 11) is 0. The third kappa shape index (κ3) is 3.56. The number of hydrogen-bond acceptors (Lipinski definition) is 6. The number of phenolic OH excluding ortho intramolecular Hbond substituents is 2. The first-order valence-corrected chi connectivity index (χ1v) is 11.8. The maximum Gasteiger partial charge on any atom is 0.263 e.